The summed E-state index contributed by atoms with van der Waals surface area (Å²) in [7, 11) is 4.26. The second-order valence-corrected chi connectivity index (χ2v) is 4.77. The van der Waals surface area contributed by atoms with Crippen molar-refractivity contribution in [1.82, 2.24) is 10.2 Å². The molecule has 0 aliphatic carbocycles. The van der Waals surface area contributed by atoms with Gasteiger partial charge in [0.15, 0.2) is 0 Å². The third-order valence-electron chi connectivity index (χ3n) is 2.92. The van der Waals surface area contributed by atoms with Gasteiger partial charge in [-0.05, 0) is 58.4 Å². The van der Waals surface area contributed by atoms with Gasteiger partial charge in [-0.1, -0.05) is 6.92 Å². The van der Waals surface area contributed by atoms with Crippen LogP contribution in [0, 0.1) is 0 Å². The molecule has 0 aromatic heterocycles. The van der Waals surface area contributed by atoms with E-state index in [-0.39, 0.29) is 0 Å². The van der Waals surface area contributed by atoms with Gasteiger partial charge in [0.2, 0.25) is 0 Å². The zero-order valence-corrected chi connectivity index (χ0v) is 11.0. The molecule has 1 rings (SSSR count). The fraction of sp³-hybridized carbons (Fsp3) is 0.846. The van der Waals surface area contributed by atoms with Crippen LogP contribution in [0.25, 0.3) is 0 Å². The van der Waals surface area contributed by atoms with Crippen LogP contribution in [0.2, 0.25) is 0 Å². The molecule has 0 saturated heterocycles. The van der Waals surface area contributed by atoms with Crippen molar-refractivity contribution < 1.29 is 4.74 Å². The highest BCUT2D eigenvalue weighted by Gasteiger charge is 2.16. The summed E-state index contributed by atoms with van der Waals surface area (Å²) in [4.78, 5) is 2.24. The molecule has 0 aromatic rings. The van der Waals surface area contributed by atoms with Crippen LogP contribution in [0.1, 0.15) is 32.6 Å². The molecular weight excluding hydrogens is 200 g/mol. The second-order valence-electron chi connectivity index (χ2n) is 4.77. The lowest BCUT2D eigenvalue weighted by Crippen LogP contribution is -2.35. The molecule has 3 heteroatoms. The summed E-state index contributed by atoms with van der Waals surface area (Å²) in [5, 5.41) is 3.62. The zero-order chi connectivity index (χ0) is 11.8. The molecule has 0 saturated carbocycles. The topological polar surface area (TPSA) is 24.5 Å². The first-order valence-electron chi connectivity index (χ1n) is 6.42. The SMILES string of the molecule is CCCNC(CCN(C)C)C1=COCCC1. The molecule has 1 heterocycles. The van der Waals surface area contributed by atoms with E-state index in [4.69, 9.17) is 4.74 Å². The van der Waals surface area contributed by atoms with Gasteiger partial charge in [-0.15, -0.1) is 0 Å². The smallest absolute Gasteiger partial charge is 0.0876 e. The predicted octanol–water partition coefficient (Wildman–Crippen LogP) is 2.00. The minimum Gasteiger partial charge on any atom is -0.501 e. The quantitative estimate of drug-likeness (QED) is 0.718. The van der Waals surface area contributed by atoms with Gasteiger partial charge in [0, 0.05) is 6.04 Å². The zero-order valence-electron chi connectivity index (χ0n) is 11.0. The normalized spacial score (nSPS) is 18.1. The van der Waals surface area contributed by atoms with Crippen LogP contribution in [0.3, 0.4) is 0 Å². The van der Waals surface area contributed by atoms with E-state index in [0.29, 0.717) is 6.04 Å². The first-order chi connectivity index (χ1) is 7.74. The van der Waals surface area contributed by atoms with Gasteiger partial charge >= 0.3 is 0 Å². The van der Waals surface area contributed by atoms with E-state index in [0.717, 1.165) is 26.1 Å². The van der Waals surface area contributed by atoms with Crippen molar-refractivity contribution in [1.29, 1.82) is 0 Å². The van der Waals surface area contributed by atoms with E-state index in [1.165, 1.54) is 24.8 Å². The Morgan fingerprint density at radius 2 is 2.31 bits per heavy atom. The van der Waals surface area contributed by atoms with Gasteiger partial charge < -0.3 is 15.0 Å². The van der Waals surface area contributed by atoms with Crippen LogP contribution in [0.15, 0.2) is 11.8 Å². The van der Waals surface area contributed by atoms with E-state index in [9.17, 15) is 0 Å². The molecule has 94 valence electrons. The fourth-order valence-electron chi connectivity index (χ4n) is 1.97. The Labute approximate surface area is 99.8 Å². The maximum Gasteiger partial charge on any atom is 0.0876 e. The van der Waals surface area contributed by atoms with E-state index < -0.39 is 0 Å². The Kier molecular flexibility index (Phi) is 6.50. The molecule has 0 spiro atoms. The highest BCUT2D eigenvalue weighted by Crippen LogP contribution is 2.18. The van der Waals surface area contributed by atoms with E-state index >= 15 is 0 Å². The first kappa shape index (κ1) is 13.5. The number of rotatable bonds is 7. The van der Waals surface area contributed by atoms with Gasteiger partial charge in [-0.3, -0.25) is 0 Å². The van der Waals surface area contributed by atoms with Crippen LogP contribution in [-0.4, -0.2) is 44.7 Å². The summed E-state index contributed by atoms with van der Waals surface area (Å²) < 4.78 is 5.43. The summed E-state index contributed by atoms with van der Waals surface area (Å²) in [6, 6.07) is 0.502. The maximum atomic E-state index is 5.43. The average molecular weight is 226 g/mol. The lowest BCUT2D eigenvalue weighted by Gasteiger charge is -2.25. The predicted molar refractivity (Wildman–Crippen MR) is 68.5 cm³/mol. The second kappa shape index (κ2) is 7.69. The molecule has 0 fully saturated rings. The van der Waals surface area contributed by atoms with Crippen molar-refractivity contribution >= 4 is 0 Å². The molecule has 16 heavy (non-hydrogen) atoms. The molecule has 1 N–H and O–H groups in total. The van der Waals surface area contributed by atoms with E-state index in [1.54, 1.807) is 0 Å². The number of hydrogen-bond donors (Lipinski definition) is 1. The van der Waals surface area contributed by atoms with Gasteiger partial charge in [0.25, 0.3) is 0 Å². The summed E-state index contributed by atoms with van der Waals surface area (Å²) >= 11 is 0. The van der Waals surface area contributed by atoms with Crippen molar-refractivity contribution in [3.8, 4) is 0 Å². The molecule has 1 aliphatic rings. The summed E-state index contributed by atoms with van der Waals surface area (Å²) in [5.41, 5.74) is 1.45. The Morgan fingerprint density at radius 1 is 1.50 bits per heavy atom. The Morgan fingerprint density at radius 3 is 2.88 bits per heavy atom. The molecule has 1 atom stereocenters. The molecule has 1 aliphatic heterocycles. The van der Waals surface area contributed by atoms with Crippen LogP contribution in [0.4, 0.5) is 0 Å². The van der Waals surface area contributed by atoms with Crippen molar-refractivity contribution in [2.45, 2.75) is 38.6 Å². The minimum absolute atomic E-state index is 0.502. The summed E-state index contributed by atoms with van der Waals surface area (Å²) in [5.74, 6) is 0. The Hall–Kier alpha value is -0.540. The molecule has 0 aromatic carbocycles. The van der Waals surface area contributed by atoms with Crippen LogP contribution in [-0.2, 0) is 4.74 Å². The largest absolute Gasteiger partial charge is 0.501 e. The molecule has 1 unspecified atom stereocenters. The standard InChI is InChI=1S/C13H26N2O/c1-4-8-14-13(7-9-15(2)3)12-6-5-10-16-11-12/h11,13-14H,4-10H2,1-3H3. The van der Waals surface area contributed by atoms with Crippen LogP contribution in [0.5, 0.6) is 0 Å². The molecule has 0 bridgehead atoms. The molecule has 3 nitrogen and oxygen atoms in total. The van der Waals surface area contributed by atoms with Crippen molar-refractivity contribution in [2.75, 3.05) is 33.8 Å². The lowest BCUT2D eigenvalue weighted by molar-refractivity contribution is 0.217. The monoisotopic (exact) mass is 226 g/mol. The van der Waals surface area contributed by atoms with E-state index in [1.807, 2.05) is 6.26 Å². The number of hydrogen-bond acceptors (Lipinski definition) is 3. The van der Waals surface area contributed by atoms with Crippen LogP contribution >= 0.6 is 0 Å². The highest BCUT2D eigenvalue weighted by atomic mass is 16.5. The Balaban J connectivity index is 2.44. The summed E-state index contributed by atoms with van der Waals surface area (Å²) in [6.45, 7) is 5.31. The third kappa shape index (κ3) is 4.99. The van der Waals surface area contributed by atoms with Gasteiger partial charge in [-0.2, -0.15) is 0 Å². The lowest BCUT2D eigenvalue weighted by atomic mass is 9.99. The van der Waals surface area contributed by atoms with Crippen LogP contribution < -0.4 is 5.32 Å². The highest BCUT2D eigenvalue weighted by molar-refractivity contribution is 5.10. The van der Waals surface area contributed by atoms with Gasteiger partial charge in [-0.25, -0.2) is 0 Å². The first-order valence-corrected chi connectivity index (χ1v) is 6.42. The summed E-state index contributed by atoms with van der Waals surface area (Å²) in [6.07, 6.45) is 6.69. The number of nitrogens with one attached hydrogen (secondary N) is 1. The van der Waals surface area contributed by atoms with E-state index in [2.05, 4.69) is 31.2 Å². The van der Waals surface area contributed by atoms with Crippen molar-refractivity contribution in [3.05, 3.63) is 11.8 Å². The molecule has 0 amide bonds. The van der Waals surface area contributed by atoms with Gasteiger partial charge in [0.1, 0.15) is 0 Å². The van der Waals surface area contributed by atoms with Crippen molar-refractivity contribution in [3.63, 3.8) is 0 Å². The number of ether oxygens (including phenoxy) is 1. The number of nitrogens with zero attached hydrogens (tertiary/aromatic N) is 1. The van der Waals surface area contributed by atoms with Crippen molar-refractivity contribution in [2.24, 2.45) is 0 Å². The Bertz CT molecular complexity index is 214. The molecular formula is C13H26N2O. The third-order valence-corrected chi connectivity index (χ3v) is 2.92. The average Bonchev–Trinajstić information content (AvgIpc) is 2.30. The minimum atomic E-state index is 0.502. The molecule has 0 radical (unpaired) electrons. The maximum absolute atomic E-state index is 5.43. The van der Waals surface area contributed by atoms with Gasteiger partial charge in [0.05, 0.1) is 12.9 Å². The fourth-order valence-corrected chi connectivity index (χ4v) is 1.97.